The third-order valence-corrected chi connectivity index (χ3v) is 4.70. The summed E-state index contributed by atoms with van der Waals surface area (Å²) >= 11 is 0. The van der Waals surface area contributed by atoms with Gasteiger partial charge in [-0.05, 0) is 44.7 Å². The predicted molar refractivity (Wildman–Crippen MR) is 120 cm³/mol. The Morgan fingerprint density at radius 2 is 1.81 bits per heavy atom. The van der Waals surface area contributed by atoms with E-state index in [4.69, 9.17) is 9.73 Å². The molecule has 0 aromatic heterocycles. The van der Waals surface area contributed by atoms with Crippen molar-refractivity contribution in [3.63, 3.8) is 0 Å². The predicted octanol–water partition coefficient (Wildman–Crippen LogP) is 3.38. The van der Waals surface area contributed by atoms with Crippen LogP contribution in [0.4, 0.5) is 0 Å². The van der Waals surface area contributed by atoms with Crippen LogP contribution in [-0.2, 0) is 17.9 Å². The van der Waals surface area contributed by atoms with Crippen LogP contribution in [-0.4, -0.2) is 49.7 Å². The third kappa shape index (κ3) is 7.80. The Balaban J connectivity index is 0.00000338. The molecule has 0 spiro atoms. The molecule has 1 aromatic carbocycles. The molecule has 0 saturated carbocycles. The van der Waals surface area contributed by atoms with Gasteiger partial charge in [-0.3, -0.25) is 0 Å². The second-order valence-electron chi connectivity index (χ2n) is 6.99. The maximum absolute atomic E-state index is 5.15. The Morgan fingerprint density at radius 3 is 2.35 bits per heavy atom. The summed E-state index contributed by atoms with van der Waals surface area (Å²) in [4.78, 5) is 7.30. The summed E-state index contributed by atoms with van der Waals surface area (Å²) in [5.41, 5.74) is 2.41. The molecule has 1 aliphatic heterocycles. The van der Waals surface area contributed by atoms with E-state index in [1.165, 1.54) is 24.0 Å². The molecule has 2 N–H and O–H groups in total. The molecule has 1 heterocycles. The van der Waals surface area contributed by atoms with Gasteiger partial charge in [-0.15, -0.1) is 24.0 Å². The van der Waals surface area contributed by atoms with Crippen LogP contribution < -0.4 is 10.6 Å². The summed E-state index contributed by atoms with van der Waals surface area (Å²) in [5.74, 6) is 0.923. The van der Waals surface area contributed by atoms with Gasteiger partial charge < -0.3 is 20.3 Å². The topological polar surface area (TPSA) is 48.9 Å². The Bertz CT molecular complexity index is 525. The van der Waals surface area contributed by atoms with Crippen molar-refractivity contribution < 1.29 is 4.74 Å². The summed E-state index contributed by atoms with van der Waals surface area (Å²) in [6, 6.07) is 9.62. The van der Waals surface area contributed by atoms with Gasteiger partial charge in [0.05, 0.1) is 13.2 Å². The zero-order valence-electron chi connectivity index (χ0n) is 16.6. The van der Waals surface area contributed by atoms with Gasteiger partial charge in [-0.25, -0.2) is 4.99 Å². The van der Waals surface area contributed by atoms with E-state index in [2.05, 4.69) is 60.6 Å². The van der Waals surface area contributed by atoms with E-state index in [0.29, 0.717) is 25.2 Å². The van der Waals surface area contributed by atoms with Gasteiger partial charge in [-0.1, -0.05) is 24.3 Å². The van der Waals surface area contributed by atoms with Crippen molar-refractivity contribution in [2.75, 3.05) is 26.7 Å². The van der Waals surface area contributed by atoms with Gasteiger partial charge >= 0.3 is 0 Å². The van der Waals surface area contributed by atoms with Crippen LogP contribution in [0.2, 0.25) is 0 Å². The SMILES string of the molecule is CCNC(=NCc1ccc(COC)cc1)NC1CCN(C(C)C)CC1.I. The Morgan fingerprint density at radius 1 is 1.19 bits per heavy atom. The number of benzene rings is 1. The summed E-state index contributed by atoms with van der Waals surface area (Å²) in [6.07, 6.45) is 2.35. The molecule has 0 amide bonds. The lowest BCUT2D eigenvalue weighted by atomic mass is 10.0. The first-order chi connectivity index (χ1) is 12.1. The van der Waals surface area contributed by atoms with Crippen molar-refractivity contribution in [1.29, 1.82) is 0 Å². The smallest absolute Gasteiger partial charge is 0.191 e. The molecule has 5 nitrogen and oxygen atoms in total. The zero-order valence-corrected chi connectivity index (χ0v) is 19.0. The minimum atomic E-state index is 0. The van der Waals surface area contributed by atoms with Crippen LogP contribution >= 0.6 is 24.0 Å². The number of halogens is 1. The first-order valence-corrected chi connectivity index (χ1v) is 9.48. The lowest BCUT2D eigenvalue weighted by molar-refractivity contribution is 0.167. The van der Waals surface area contributed by atoms with Crippen LogP contribution in [0.1, 0.15) is 44.7 Å². The number of guanidine groups is 1. The Hall–Kier alpha value is -0.860. The van der Waals surface area contributed by atoms with Crippen molar-refractivity contribution in [3.05, 3.63) is 35.4 Å². The van der Waals surface area contributed by atoms with E-state index in [0.717, 1.165) is 25.6 Å². The highest BCUT2D eigenvalue weighted by atomic mass is 127. The molecule has 0 aliphatic carbocycles. The molecule has 0 atom stereocenters. The number of aliphatic imine (C=N–C) groups is 1. The van der Waals surface area contributed by atoms with Gasteiger partial charge in [0.2, 0.25) is 0 Å². The van der Waals surface area contributed by atoms with E-state index in [1.54, 1.807) is 7.11 Å². The number of ether oxygens (including phenoxy) is 1. The molecule has 1 aromatic rings. The molecule has 1 saturated heterocycles. The largest absolute Gasteiger partial charge is 0.380 e. The lowest BCUT2D eigenvalue weighted by Gasteiger charge is -2.35. The second-order valence-corrected chi connectivity index (χ2v) is 6.99. The standard InChI is InChI=1S/C20H34N4O.HI/c1-5-21-20(23-19-10-12-24(13-11-19)16(2)3)22-14-17-6-8-18(9-7-17)15-25-4;/h6-9,16,19H,5,10-15H2,1-4H3,(H2,21,22,23);1H. The Kier molecular flexibility index (Phi) is 11.2. The van der Waals surface area contributed by atoms with Crippen molar-refractivity contribution in [3.8, 4) is 0 Å². The van der Waals surface area contributed by atoms with Crippen LogP contribution in [0.15, 0.2) is 29.3 Å². The highest BCUT2D eigenvalue weighted by Gasteiger charge is 2.21. The van der Waals surface area contributed by atoms with E-state index in [-0.39, 0.29) is 24.0 Å². The molecular weight excluding hydrogens is 439 g/mol. The molecule has 2 rings (SSSR count). The molecule has 0 unspecified atom stereocenters. The molecular formula is C20H35IN4O. The summed E-state index contributed by atoms with van der Waals surface area (Å²) in [7, 11) is 1.72. The number of piperidine rings is 1. The quantitative estimate of drug-likeness (QED) is 0.362. The summed E-state index contributed by atoms with van der Waals surface area (Å²) in [6.45, 7) is 11.2. The fourth-order valence-electron chi connectivity index (χ4n) is 3.15. The van der Waals surface area contributed by atoms with Crippen molar-refractivity contribution >= 4 is 29.9 Å². The Labute approximate surface area is 176 Å². The number of nitrogens with one attached hydrogen (secondary N) is 2. The maximum Gasteiger partial charge on any atom is 0.191 e. The monoisotopic (exact) mass is 474 g/mol. The minimum Gasteiger partial charge on any atom is -0.380 e. The third-order valence-electron chi connectivity index (χ3n) is 4.70. The second kappa shape index (κ2) is 12.5. The highest BCUT2D eigenvalue weighted by Crippen LogP contribution is 2.13. The molecule has 148 valence electrons. The number of methoxy groups -OCH3 is 1. The van der Waals surface area contributed by atoms with Gasteiger partial charge in [0.15, 0.2) is 5.96 Å². The minimum absolute atomic E-state index is 0. The number of hydrogen-bond donors (Lipinski definition) is 2. The lowest BCUT2D eigenvalue weighted by Crippen LogP contribution is -2.49. The fraction of sp³-hybridized carbons (Fsp3) is 0.650. The first kappa shape index (κ1) is 23.2. The van der Waals surface area contributed by atoms with E-state index >= 15 is 0 Å². The number of rotatable bonds is 7. The van der Waals surface area contributed by atoms with Crippen molar-refractivity contribution in [2.24, 2.45) is 4.99 Å². The number of likely N-dealkylation sites (tertiary alicyclic amines) is 1. The molecule has 1 aliphatic rings. The maximum atomic E-state index is 5.15. The average Bonchev–Trinajstić information content (AvgIpc) is 2.62. The normalized spacial score (nSPS) is 16.4. The van der Waals surface area contributed by atoms with E-state index in [9.17, 15) is 0 Å². The molecule has 0 radical (unpaired) electrons. The van der Waals surface area contributed by atoms with E-state index < -0.39 is 0 Å². The summed E-state index contributed by atoms with van der Waals surface area (Å²) in [5, 5.41) is 6.98. The first-order valence-electron chi connectivity index (χ1n) is 9.48. The number of hydrogen-bond acceptors (Lipinski definition) is 3. The molecule has 1 fully saturated rings. The van der Waals surface area contributed by atoms with Crippen molar-refractivity contribution in [1.82, 2.24) is 15.5 Å². The van der Waals surface area contributed by atoms with Gasteiger partial charge in [0.25, 0.3) is 0 Å². The average molecular weight is 474 g/mol. The molecule has 0 bridgehead atoms. The van der Waals surface area contributed by atoms with E-state index in [1.807, 2.05) is 0 Å². The van der Waals surface area contributed by atoms with Gasteiger partial charge in [0.1, 0.15) is 0 Å². The molecule has 6 heteroatoms. The highest BCUT2D eigenvalue weighted by molar-refractivity contribution is 14.0. The van der Waals surface area contributed by atoms with Gasteiger partial charge in [-0.2, -0.15) is 0 Å². The zero-order chi connectivity index (χ0) is 18.1. The van der Waals surface area contributed by atoms with Crippen LogP contribution in [0.25, 0.3) is 0 Å². The summed E-state index contributed by atoms with van der Waals surface area (Å²) < 4.78 is 5.15. The van der Waals surface area contributed by atoms with Crippen LogP contribution in [0, 0.1) is 0 Å². The van der Waals surface area contributed by atoms with Crippen molar-refractivity contribution in [2.45, 2.75) is 58.8 Å². The van der Waals surface area contributed by atoms with Gasteiger partial charge in [0, 0.05) is 38.8 Å². The number of nitrogens with zero attached hydrogens (tertiary/aromatic N) is 2. The fourth-order valence-corrected chi connectivity index (χ4v) is 3.15. The van der Waals surface area contributed by atoms with Crippen LogP contribution in [0.5, 0.6) is 0 Å². The van der Waals surface area contributed by atoms with Crippen LogP contribution in [0.3, 0.4) is 0 Å². The molecule has 26 heavy (non-hydrogen) atoms.